The lowest BCUT2D eigenvalue weighted by Crippen LogP contribution is -2.15. The Bertz CT molecular complexity index is 1090. The van der Waals surface area contributed by atoms with Crippen LogP contribution in [0, 0.1) is 6.92 Å². The molecule has 3 rings (SSSR count). The van der Waals surface area contributed by atoms with Gasteiger partial charge in [0.1, 0.15) is 5.75 Å². The summed E-state index contributed by atoms with van der Waals surface area (Å²) >= 11 is 0. The van der Waals surface area contributed by atoms with Crippen LogP contribution in [0.4, 0.5) is 11.4 Å². The number of rotatable bonds is 6. The van der Waals surface area contributed by atoms with Gasteiger partial charge in [-0.3, -0.25) is 14.4 Å². The van der Waals surface area contributed by atoms with Crippen LogP contribution in [-0.2, 0) is 16.0 Å². The molecule has 0 spiro atoms. The Morgan fingerprint density at radius 2 is 1.53 bits per heavy atom. The molecular formula is C24H22N2O4. The minimum Gasteiger partial charge on any atom is -0.427 e. The van der Waals surface area contributed by atoms with Crippen LogP contribution in [0.2, 0.25) is 0 Å². The highest BCUT2D eigenvalue weighted by atomic mass is 16.5. The normalized spacial score (nSPS) is 10.2. The van der Waals surface area contributed by atoms with Crippen molar-refractivity contribution in [1.29, 1.82) is 0 Å². The lowest BCUT2D eigenvalue weighted by atomic mass is 10.1. The molecule has 6 nitrogen and oxygen atoms in total. The maximum Gasteiger partial charge on any atom is 0.308 e. The van der Waals surface area contributed by atoms with E-state index in [2.05, 4.69) is 10.6 Å². The summed E-state index contributed by atoms with van der Waals surface area (Å²) in [4.78, 5) is 35.9. The highest BCUT2D eigenvalue weighted by molar-refractivity contribution is 6.05. The average molecular weight is 402 g/mol. The molecule has 0 aromatic heterocycles. The van der Waals surface area contributed by atoms with Crippen LogP contribution in [0.25, 0.3) is 0 Å². The van der Waals surface area contributed by atoms with Gasteiger partial charge >= 0.3 is 5.97 Å². The van der Waals surface area contributed by atoms with Gasteiger partial charge in [-0.15, -0.1) is 0 Å². The van der Waals surface area contributed by atoms with Crippen molar-refractivity contribution in [3.05, 3.63) is 89.5 Å². The minimum absolute atomic E-state index is 0.141. The standard InChI is InChI=1S/C24H22N2O4/c1-16-6-3-7-18(12-16)13-23(28)25-20-9-5-10-21(15-20)26-24(29)19-8-4-11-22(14-19)30-17(2)27/h3-12,14-15H,13H2,1-2H3,(H,25,28)(H,26,29). The number of hydrogen-bond donors (Lipinski definition) is 2. The number of benzene rings is 3. The molecule has 2 N–H and O–H groups in total. The number of esters is 1. The fourth-order valence-electron chi connectivity index (χ4n) is 2.96. The highest BCUT2D eigenvalue weighted by Crippen LogP contribution is 2.19. The van der Waals surface area contributed by atoms with Crippen molar-refractivity contribution < 1.29 is 19.1 Å². The molecule has 0 bridgehead atoms. The second kappa shape index (κ2) is 9.52. The van der Waals surface area contributed by atoms with Crippen molar-refractivity contribution in [2.45, 2.75) is 20.3 Å². The number of hydrogen-bond acceptors (Lipinski definition) is 4. The van der Waals surface area contributed by atoms with Gasteiger partial charge in [-0.1, -0.05) is 42.0 Å². The van der Waals surface area contributed by atoms with Gasteiger partial charge in [0.25, 0.3) is 5.91 Å². The second-order valence-corrected chi connectivity index (χ2v) is 6.87. The Morgan fingerprint density at radius 3 is 2.27 bits per heavy atom. The predicted molar refractivity (Wildman–Crippen MR) is 116 cm³/mol. The average Bonchev–Trinajstić information content (AvgIpc) is 2.68. The minimum atomic E-state index is -0.457. The van der Waals surface area contributed by atoms with Crippen molar-refractivity contribution in [2.24, 2.45) is 0 Å². The Labute approximate surface area is 174 Å². The fourth-order valence-corrected chi connectivity index (χ4v) is 2.96. The Balaban J connectivity index is 1.64. The molecule has 3 aromatic rings. The van der Waals surface area contributed by atoms with Crippen LogP contribution in [-0.4, -0.2) is 17.8 Å². The summed E-state index contributed by atoms with van der Waals surface area (Å²) in [6.07, 6.45) is 0.265. The Kier molecular flexibility index (Phi) is 6.60. The zero-order valence-electron chi connectivity index (χ0n) is 16.8. The summed E-state index contributed by atoms with van der Waals surface area (Å²) in [6.45, 7) is 3.28. The van der Waals surface area contributed by atoms with Gasteiger partial charge in [0.05, 0.1) is 6.42 Å². The van der Waals surface area contributed by atoms with Crippen LogP contribution >= 0.6 is 0 Å². The van der Waals surface area contributed by atoms with Gasteiger partial charge < -0.3 is 15.4 Å². The van der Waals surface area contributed by atoms with Gasteiger partial charge in [-0.25, -0.2) is 0 Å². The zero-order chi connectivity index (χ0) is 21.5. The molecule has 2 amide bonds. The summed E-state index contributed by atoms with van der Waals surface area (Å²) in [5.74, 6) is -0.653. The first-order valence-corrected chi connectivity index (χ1v) is 9.44. The number of nitrogens with one attached hydrogen (secondary N) is 2. The first kappa shape index (κ1) is 20.8. The molecule has 0 saturated carbocycles. The number of ether oxygens (including phenoxy) is 1. The molecule has 0 aliphatic rings. The monoisotopic (exact) mass is 402 g/mol. The summed E-state index contributed by atoms with van der Waals surface area (Å²) in [6, 6.07) is 21.0. The molecule has 30 heavy (non-hydrogen) atoms. The topological polar surface area (TPSA) is 84.5 Å². The molecule has 0 atom stereocenters. The second-order valence-electron chi connectivity index (χ2n) is 6.87. The maximum atomic E-state index is 12.5. The summed E-state index contributed by atoms with van der Waals surface area (Å²) < 4.78 is 5.01. The van der Waals surface area contributed by atoms with E-state index in [9.17, 15) is 14.4 Å². The van der Waals surface area contributed by atoms with Gasteiger partial charge in [-0.2, -0.15) is 0 Å². The number of amides is 2. The van der Waals surface area contributed by atoms with Crippen molar-refractivity contribution >= 4 is 29.2 Å². The third-order valence-electron chi connectivity index (χ3n) is 4.21. The number of anilines is 2. The summed E-state index contributed by atoms with van der Waals surface area (Å²) in [5.41, 5.74) is 3.50. The summed E-state index contributed by atoms with van der Waals surface area (Å²) in [5, 5.41) is 5.63. The van der Waals surface area contributed by atoms with E-state index in [1.165, 1.54) is 13.0 Å². The molecule has 0 aliphatic heterocycles. The van der Waals surface area contributed by atoms with E-state index in [0.29, 0.717) is 22.7 Å². The third kappa shape index (κ3) is 6.04. The molecule has 152 valence electrons. The molecule has 3 aromatic carbocycles. The Morgan fingerprint density at radius 1 is 0.833 bits per heavy atom. The molecule has 0 fully saturated rings. The molecule has 0 heterocycles. The number of carbonyl (C=O) groups is 3. The lowest BCUT2D eigenvalue weighted by molar-refractivity contribution is -0.131. The van der Waals surface area contributed by atoms with Gasteiger partial charge in [-0.05, 0) is 48.9 Å². The van der Waals surface area contributed by atoms with Crippen molar-refractivity contribution in [3.8, 4) is 5.75 Å². The van der Waals surface area contributed by atoms with Crippen LogP contribution in [0.5, 0.6) is 5.75 Å². The van der Waals surface area contributed by atoms with E-state index in [-0.39, 0.29) is 18.2 Å². The molecule has 0 unspecified atom stereocenters. The number of aryl methyl sites for hydroxylation is 1. The first-order valence-electron chi connectivity index (χ1n) is 9.44. The van der Waals surface area contributed by atoms with Crippen LogP contribution in [0.15, 0.2) is 72.8 Å². The summed E-state index contributed by atoms with van der Waals surface area (Å²) in [7, 11) is 0. The maximum absolute atomic E-state index is 12.5. The van der Waals surface area contributed by atoms with E-state index >= 15 is 0 Å². The zero-order valence-corrected chi connectivity index (χ0v) is 16.8. The lowest BCUT2D eigenvalue weighted by Gasteiger charge is -2.10. The van der Waals surface area contributed by atoms with E-state index in [0.717, 1.165) is 11.1 Å². The fraction of sp³-hybridized carbons (Fsp3) is 0.125. The number of carbonyl (C=O) groups excluding carboxylic acids is 3. The van der Waals surface area contributed by atoms with Crippen LogP contribution in [0.3, 0.4) is 0 Å². The SMILES string of the molecule is CC(=O)Oc1cccc(C(=O)Nc2cccc(NC(=O)Cc3cccc(C)c3)c2)c1. The van der Waals surface area contributed by atoms with Gasteiger partial charge in [0.2, 0.25) is 5.91 Å². The van der Waals surface area contributed by atoms with Crippen molar-refractivity contribution in [2.75, 3.05) is 10.6 Å². The highest BCUT2D eigenvalue weighted by Gasteiger charge is 2.10. The quantitative estimate of drug-likeness (QED) is 0.474. The molecular weight excluding hydrogens is 380 g/mol. The first-order chi connectivity index (χ1) is 14.4. The largest absolute Gasteiger partial charge is 0.427 e. The van der Waals surface area contributed by atoms with Crippen LogP contribution < -0.4 is 15.4 Å². The molecule has 0 radical (unpaired) electrons. The molecule has 0 saturated heterocycles. The van der Waals surface area contributed by atoms with Gasteiger partial charge in [0, 0.05) is 23.9 Å². The van der Waals surface area contributed by atoms with E-state index in [4.69, 9.17) is 4.74 Å². The van der Waals surface area contributed by atoms with Crippen molar-refractivity contribution in [1.82, 2.24) is 0 Å². The van der Waals surface area contributed by atoms with E-state index in [1.54, 1.807) is 42.5 Å². The van der Waals surface area contributed by atoms with Crippen LogP contribution in [0.1, 0.15) is 28.4 Å². The molecule has 0 aliphatic carbocycles. The predicted octanol–water partition coefficient (Wildman–Crippen LogP) is 4.35. The smallest absolute Gasteiger partial charge is 0.308 e. The van der Waals surface area contributed by atoms with Crippen molar-refractivity contribution in [3.63, 3.8) is 0 Å². The van der Waals surface area contributed by atoms with Gasteiger partial charge in [0.15, 0.2) is 0 Å². The molecule has 6 heteroatoms. The third-order valence-corrected chi connectivity index (χ3v) is 4.21. The van der Waals surface area contributed by atoms with E-state index in [1.807, 2.05) is 31.2 Å². The Hall–Kier alpha value is -3.93. The van der Waals surface area contributed by atoms with E-state index < -0.39 is 5.97 Å².